The molecule has 0 aliphatic rings. The second kappa shape index (κ2) is 12.3. The fraction of sp³-hybridized carbons (Fsp3) is 0.172. The number of aromatic nitrogens is 4. The number of hydrogen-bond acceptors (Lipinski definition) is 7. The van der Waals surface area contributed by atoms with Crippen LogP contribution in [-0.4, -0.2) is 32.8 Å². The molecule has 0 saturated heterocycles. The molecule has 1 N–H and O–H groups in total. The number of nitrogens with one attached hydrogen (secondary N) is 1. The van der Waals surface area contributed by atoms with Crippen molar-refractivity contribution in [3.63, 3.8) is 0 Å². The summed E-state index contributed by atoms with van der Waals surface area (Å²) < 4.78 is 51.6. The first-order valence-corrected chi connectivity index (χ1v) is 13.4. The van der Waals surface area contributed by atoms with E-state index in [0.29, 0.717) is 17.1 Å². The molecule has 0 unspecified atom stereocenters. The lowest BCUT2D eigenvalue weighted by molar-refractivity contribution is -0.137. The molecule has 0 spiro atoms. The highest BCUT2D eigenvalue weighted by molar-refractivity contribution is 7.98. The van der Waals surface area contributed by atoms with Crippen molar-refractivity contribution in [1.82, 2.24) is 25.1 Å². The Balaban J connectivity index is 1.27. The molecule has 2 aromatic heterocycles. The van der Waals surface area contributed by atoms with Crippen molar-refractivity contribution >= 4 is 17.7 Å². The minimum atomic E-state index is -4.46. The molecule has 5 rings (SSSR count). The van der Waals surface area contributed by atoms with Crippen molar-refractivity contribution in [2.45, 2.75) is 30.1 Å². The molecular formula is C29H24F3N5O3S. The fourth-order valence-corrected chi connectivity index (χ4v) is 4.84. The maximum absolute atomic E-state index is 13.0. The third-order valence-corrected chi connectivity index (χ3v) is 6.97. The Labute approximate surface area is 237 Å². The molecule has 0 aliphatic heterocycles. The first-order valence-electron chi connectivity index (χ1n) is 12.4. The van der Waals surface area contributed by atoms with Crippen LogP contribution in [0.15, 0.2) is 94.7 Å². The van der Waals surface area contributed by atoms with Gasteiger partial charge in [0.25, 0.3) is 5.91 Å². The number of amides is 1. The van der Waals surface area contributed by atoms with Crippen molar-refractivity contribution in [1.29, 1.82) is 0 Å². The van der Waals surface area contributed by atoms with Gasteiger partial charge < -0.3 is 14.5 Å². The van der Waals surface area contributed by atoms with Crippen LogP contribution in [0.5, 0.6) is 5.75 Å². The van der Waals surface area contributed by atoms with E-state index in [-0.39, 0.29) is 23.9 Å². The molecule has 41 heavy (non-hydrogen) atoms. The predicted molar refractivity (Wildman–Crippen MR) is 146 cm³/mol. The number of carbonyl (C=O) groups excluding carboxylic acids is 1. The monoisotopic (exact) mass is 579 g/mol. The standard InChI is InChI=1S/C29H24F3N5O3S/c1-39-23-12-10-22(11-13-23)37-25(15-19-6-3-2-4-7-19)35-36-28(37)41-18-26-34-24(17-40-26)27(38)33-16-20-8-5-9-21(14-20)29(30,31)32/h2-14,17H,15-16,18H2,1H3,(H,33,38). The van der Waals surface area contributed by atoms with Crippen molar-refractivity contribution < 1.29 is 27.1 Å². The van der Waals surface area contributed by atoms with E-state index in [1.54, 1.807) is 7.11 Å². The normalized spacial score (nSPS) is 11.4. The third-order valence-electron chi connectivity index (χ3n) is 6.05. The van der Waals surface area contributed by atoms with E-state index in [4.69, 9.17) is 9.15 Å². The molecule has 0 fully saturated rings. The van der Waals surface area contributed by atoms with Crippen molar-refractivity contribution in [2.24, 2.45) is 0 Å². The van der Waals surface area contributed by atoms with Crippen LogP contribution in [0, 0.1) is 0 Å². The molecule has 0 radical (unpaired) electrons. The van der Waals surface area contributed by atoms with Crippen LogP contribution < -0.4 is 10.1 Å². The van der Waals surface area contributed by atoms with Gasteiger partial charge in [0, 0.05) is 18.7 Å². The molecule has 5 aromatic rings. The Bertz CT molecular complexity index is 1620. The summed E-state index contributed by atoms with van der Waals surface area (Å²) in [5.74, 6) is 1.45. The van der Waals surface area contributed by atoms with E-state index >= 15 is 0 Å². The highest BCUT2D eigenvalue weighted by atomic mass is 32.2. The summed E-state index contributed by atoms with van der Waals surface area (Å²) in [4.78, 5) is 16.8. The lowest BCUT2D eigenvalue weighted by Crippen LogP contribution is -2.23. The maximum atomic E-state index is 13.0. The Morgan fingerprint density at radius 2 is 1.76 bits per heavy atom. The summed E-state index contributed by atoms with van der Waals surface area (Å²) in [6.45, 7) is -0.0884. The quantitative estimate of drug-likeness (QED) is 0.200. The molecular weight excluding hydrogens is 555 g/mol. The van der Waals surface area contributed by atoms with Gasteiger partial charge in [-0.25, -0.2) is 4.98 Å². The van der Waals surface area contributed by atoms with Gasteiger partial charge in [0.2, 0.25) is 5.89 Å². The van der Waals surface area contributed by atoms with E-state index in [1.807, 2.05) is 59.2 Å². The largest absolute Gasteiger partial charge is 0.497 e. The van der Waals surface area contributed by atoms with Gasteiger partial charge in [-0.3, -0.25) is 9.36 Å². The number of halogens is 3. The summed E-state index contributed by atoms with van der Waals surface area (Å²) in [5.41, 5.74) is 1.50. The molecule has 3 aromatic carbocycles. The molecule has 2 heterocycles. The second-order valence-electron chi connectivity index (χ2n) is 8.89. The third kappa shape index (κ3) is 6.95. The number of oxazole rings is 1. The Morgan fingerprint density at radius 3 is 2.49 bits per heavy atom. The number of alkyl halides is 3. The number of methoxy groups -OCH3 is 1. The smallest absolute Gasteiger partial charge is 0.416 e. The zero-order valence-corrected chi connectivity index (χ0v) is 22.6. The summed E-state index contributed by atoms with van der Waals surface area (Å²) >= 11 is 1.34. The number of thioether (sulfide) groups is 1. The molecule has 210 valence electrons. The Kier molecular flexibility index (Phi) is 8.39. The van der Waals surface area contributed by atoms with E-state index in [2.05, 4.69) is 20.5 Å². The van der Waals surface area contributed by atoms with Gasteiger partial charge in [-0.2, -0.15) is 13.2 Å². The number of benzene rings is 3. The summed E-state index contributed by atoms with van der Waals surface area (Å²) in [5, 5.41) is 12.0. The lowest BCUT2D eigenvalue weighted by atomic mass is 10.1. The Morgan fingerprint density at radius 1 is 1.00 bits per heavy atom. The first-order chi connectivity index (χ1) is 19.8. The average molecular weight is 580 g/mol. The molecule has 1 amide bonds. The van der Waals surface area contributed by atoms with Crippen molar-refractivity contribution in [3.05, 3.63) is 119 Å². The molecule has 0 aliphatic carbocycles. The van der Waals surface area contributed by atoms with Crippen LogP contribution in [0.2, 0.25) is 0 Å². The molecule has 0 saturated carbocycles. The Hall–Kier alpha value is -4.58. The number of rotatable bonds is 10. The van der Waals surface area contributed by atoms with Gasteiger partial charge in [0.05, 0.1) is 18.4 Å². The number of ether oxygens (including phenoxy) is 1. The molecule has 0 bridgehead atoms. The zero-order valence-electron chi connectivity index (χ0n) is 21.8. The topological polar surface area (TPSA) is 95.1 Å². The van der Waals surface area contributed by atoms with Gasteiger partial charge in [0.1, 0.15) is 17.8 Å². The number of hydrogen-bond donors (Lipinski definition) is 1. The average Bonchev–Trinajstić information content (AvgIpc) is 3.62. The number of nitrogens with zero attached hydrogens (tertiary/aromatic N) is 4. The molecule has 8 nitrogen and oxygen atoms in total. The van der Waals surface area contributed by atoms with Crippen molar-refractivity contribution in [2.75, 3.05) is 7.11 Å². The minimum absolute atomic E-state index is 0.0222. The van der Waals surface area contributed by atoms with Gasteiger partial charge in [-0.05, 0) is 47.5 Å². The van der Waals surface area contributed by atoms with Gasteiger partial charge >= 0.3 is 6.18 Å². The summed E-state index contributed by atoms with van der Waals surface area (Å²) in [6, 6.07) is 22.2. The van der Waals surface area contributed by atoms with Crippen LogP contribution in [-0.2, 0) is 24.9 Å². The van der Waals surface area contributed by atoms with Gasteiger partial charge in [-0.15, -0.1) is 10.2 Å². The van der Waals surface area contributed by atoms with E-state index in [0.717, 1.165) is 35.0 Å². The minimum Gasteiger partial charge on any atom is -0.497 e. The van der Waals surface area contributed by atoms with Crippen LogP contribution >= 0.6 is 11.8 Å². The van der Waals surface area contributed by atoms with Crippen LogP contribution in [0.3, 0.4) is 0 Å². The molecule has 12 heteroatoms. The second-order valence-corrected chi connectivity index (χ2v) is 9.83. The maximum Gasteiger partial charge on any atom is 0.416 e. The molecule has 0 atom stereocenters. The van der Waals surface area contributed by atoms with E-state index in [1.165, 1.54) is 30.2 Å². The predicted octanol–water partition coefficient (Wildman–Crippen LogP) is 6.10. The van der Waals surface area contributed by atoms with E-state index in [9.17, 15) is 18.0 Å². The fourth-order valence-electron chi connectivity index (χ4n) is 4.02. The lowest BCUT2D eigenvalue weighted by Gasteiger charge is -2.11. The first kappa shape index (κ1) is 28.0. The number of carbonyl (C=O) groups is 1. The van der Waals surface area contributed by atoms with Crippen LogP contribution in [0.25, 0.3) is 5.69 Å². The van der Waals surface area contributed by atoms with Gasteiger partial charge in [-0.1, -0.05) is 54.2 Å². The van der Waals surface area contributed by atoms with Gasteiger partial charge in [0.15, 0.2) is 10.9 Å². The SMILES string of the molecule is COc1ccc(-n2c(Cc3ccccc3)nnc2SCc2nc(C(=O)NCc3cccc(C(F)(F)F)c3)co2)cc1. The zero-order chi connectivity index (χ0) is 28.8. The highest BCUT2D eigenvalue weighted by Crippen LogP contribution is 2.30. The van der Waals surface area contributed by atoms with Crippen molar-refractivity contribution in [3.8, 4) is 11.4 Å². The summed E-state index contributed by atoms with van der Waals surface area (Å²) in [6.07, 6.45) is -2.68. The van der Waals surface area contributed by atoms with E-state index < -0.39 is 17.6 Å². The highest BCUT2D eigenvalue weighted by Gasteiger charge is 2.30. The summed E-state index contributed by atoms with van der Waals surface area (Å²) in [7, 11) is 1.60. The van der Waals surface area contributed by atoms with Crippen LogP contribution in [0.1, 0.15) is 38.9 Å². The van der Waals surface area contributed by atoms with Crippen LogP contribution in [0.4, 0.5) is 13.2 Å².